The summed E-state index contributed by atoms with van der Waals surface area (Å²) in [6.45, 7) is 6.39. The maximum atomic E-state index is 12.3. The Kier molecular flexibility index (Phi) is 4.00. The van der Waals surface area contributed by atoms with Crippen molar-refractivity contribution in [3.05, 3.63) is 53.0 Å². The van der Waals surface area contributed by atoms with Gasteiger partial charge in [-0.05, 0) is 51.2 Å². The molecule has 1 fully saturated rings. The lowest BCUT2D eigenvalue weighted by Gasteiger charge is -2.08. The monoisotopic (exact) mass is 326 g/mol. The molecule has 0 atom stereocenters. The first-order valence-corrected chi connectivity index (χ1v) is 7.90. The minimum atomic E-state index is -0.0937. The molecule has 0 spiro atoms. The lowest BCUT2D eigenvalue weighted by Crippen LogP contribution is -2.30. The van der Waals surface area contributed by atoms with Crippen molar-refractivity contribution in [2.24, 2.45) is 0 Å². The molecule has 0 saturated carbocycles. The van der Waals surface area contributed by atoms with Gasteiger partial charge in [-0.2, -0.15) is 5.10 Å². The molecule has 1 amide bonds. The Labute approximate surface area is 140 Å². The Morgan fingerprint density at radius 3 is 2.57 bits per heavy atom. The number of thiocarbonyl (C=S) groups is 1. The second-order valence-electron chi connectivity index (χ2n) is 5.37. The minimum Gasteiger partial charge on any atom is -0.328 e. The van der Waals surface area contributed by atoms with Crippen molar-refractivity contribution in [3.8, 4) is 5.69 Å². The fraction of sp³-hybridized carbons (Fsp3) is 0.235. The van der Waals surface area contributed by atoms with Crippen LogP contribution >= 0.6 is 12.2 Å². The molecule has 1 N–H and O–H groups in total. The molecule has 3 rings (SSSR count). The summed E-state index contributed by atoms with van der Waals surface area (Å²) in [5.74, 6) is -0.0937. The normalized spacial score (nSPS) is 16.3. The van der Waals surface area contributed by atoms with Crippen LogP contribution in [0.3, 0.4) is 0 Å². The number of hydrogen-bond acceptors (Lipinski definition) is 3. The smallest absolute Gasteiger partial charge is 0.276 e. The van der Waals surface area contributed by atoms with E-state index in [0.29, 0.717) is 17.4 Å². The van der Waals surface area contributed by atoms with Crippen LogP contribution in [0.5, 0.6) is 0 Å². The lowest BCUT2D eigenvalue weighted by atomic mass is 10.1. The first-order valence-electron chi connectivity index (χ1n) is 7.49. The molecule has 2 aromatic rings. The minimum absolute atomic E-state index is 0.0937. The summed E-state index contributed by atoms with van der Waals surface area (Å²) in [6.07, 6.45) is 1.83. The van der Waals surface area contributed by atoms with Crippen molar-refractivity contribution in [2.75, 3.05) is 6.54 Å². The van der Waals surface area contributed by atoms with E-state index in [0.717, 1.165) is 22.6 Å². The Morgan fingerprint density at radius 2 is 1.96 bits per heavy atom. The van der Waals surface area contributed by atoms with Gasteiger partial charge in [0.2, 0.25) is 0 Å². The number of nitrogens with one attached hydrogen (secondary N) is 1. The molecule has 118 valence electrons. The molecule has 0 bridgehead atoms. The van der Waals surface area contributed by atoms with E-state index >= 15 is 0 Å². The van der Waals surface area contributed by atoms with Gasteiger partial charge in [0, 0.05) is 17.8 Å². The fourth-order valence-corrected chi connectivity index (χ4v) is 3.01. The van der Waals surface area contributed by atoms with Crippen LogP contribution in [0, 0.1) is 13.8 Å². The zero-order valence-electron chi connectivity index (χ0n) is 13.3. The number of carbonyl (C=O) groups excluding carboxylic acids is 1. The summed E-state index contributed by atoms with van der Waals surface area (Å²) in [7, 11) is 0. The average molecular weight is 326 g/mol. The average Bonchev–Trinajstić information content (AvgIpc) is 2.98. The maximum Gasteiger partial charge on any atom is 0.276 e. The highest BCUT2D eigenvalue weighted by Crippen LogP contribution is 2.22. The van der Waals surface area contributed by atoms with Crippen molar-refractivity contribution in [2.45, 2.75) is 20.8 Å². The highest BCUT2D eigenvalue weighted by Gasteiger charge is 2.29. The van der Waals surface area contributed by atoms with Crippen LogP contribution in [0.1, 0.15) is 23.9 Å². The van der Waals surface area contributed by atoms with Crippen molar-refractivity contribution in [3.63, 3.8) is 0 Å². The summed E-state index contributed by atoms with van der Waals surface area (Å²) in [5, 5.41) is 8.03. The van der Waals surface area contributed by atoms with Crippen LogP contribution in [-0.2, 0) is 4.79 Å². The molecular formula is C17H18N4OS. The summed E-state index contributed by atoms with van der Waals surface area (Å²) in [5.41, 5.74) is 4.28. The van der Waals surface area contributed by atoms with Gasteiger partial charge < -0.3 is 5.32 Å². The Balaban J connectivity index is 2.02. The molecule has 6 heteroatoms. The molecule has 1 aliphatic heterocycles. The van der Waals surface area contributed by atoms with Gasteiger partial charge in [0.1, 0.15) is 5.70 Å². The predicted molar refractivity (Wildman–Crippen MR) is 94.1 cm³/mol. The van der Waals surface area contributed by atoms with Crippen LogP contribution in [0.2, 0.25) is 0 Å². The van der Waals surface area contributed by atoms with Crippen LogP contribution in [0.15, 0.2) is 36.0 Å². The third-order valence-electron chi connectivity index (χ3n) is 3.92. The molecule has 1 aliphatic rings. The Hall–Kier alpha value is -2.47. The first kappa shape index (κ1) is 15.4. The second-order valence-corrected chi connectivity index (χ2v) is 5.76. The van der Waals surface area contributed by atoms with Crippen molar-refractivity contribution in [1.29, 1.82) is 0 Å². The molecule has 1 aromatic carbocycles. The topological polar surface area (TPSA) is 50.2 Å². The second kappa shape index (κ2) is 5.96. The molecule has 0 radical (unpaired) electrons. The number of nitrogens with zero attached hydrogens (tertiary/aromatic N) is 3. The van der Waals surface area contributed by atoms with Gasteiger partial charge in [0.15, 0.2) is 5.11 Å². The Morgan fingerprint density at radius 1 is 1.26 bits per heavy atom. The number of rotatable bonds is 3. The zero-order valence-corrected chi connectivity index (χ0v) is 14.1. The van der Waals surface area contributed by atoms with E-state index in [1.165, 1.54) is 0 Å². The third kappa shape index (κ3) is 2.66. The molecule has 0 aliphatic carbocycles. The van der Waals surface area contributed by atoms with Crippen LogP contribution in [0.25, 0.3) is 11.8 Å². The fourth-order valence-electron chi connectivity index (χ4n) is 2.69. The first-order chi connectivity index (χ1) is 11.0. The highest BCUT2D eigenvalue weighted by molar-refractivity contribution is 7.80. The van der Waals surface area contributed by atoms with Gasteiger partial charge in [-0.15, -0.1) is 0 Å². The summed E-state index contributed by atoms with van der Waals surface area (Å²) in [4.78, 5) is 13.9. The molecular weight excluding hydrogens is 308 g/mol. The third-order valence-corrected chi connectivity index (χ3v) is 4.24. The largest absolute Gasteiger partial charge is 0.328 e. The van der Waals surface area contributed by atoms with Crippen molar-refractivity contribution < 1.29 is 4.79 Å². The standard InChI is InChI=1S/C17H18N4OS/c1-4-20-16(22)15(18-17(20)23)10-14-11(2)19-21(12(14)3)13-8-6-5-7-9-13/h5-10H,4H2,1-3H3,(H,18,23)/b15-10-. The zero-order chi connectivity index (χ0) is 16.6. The van der Waals surface area contributed by atoms with Crippen molar-refractivity contribution >= 4 is 29.3 Å². The van der Waals surface area contributed by atoms with E-state index in [2.05, 4.69) is 10.4 Å². The molecule has 5 nitrogen and oxygen atoms in total. The number of hydrogen-bond donors (Lipinski definition) is 1. The SMILES string of the molecule is CCN1C(=O)/C(=C/c2c(C)nn(-c3ccccc3)c2C)NC1=S. The number of aryl methyl sites for hydroxylation is 1. The molecule has 23 heavy (non-hydrogen) atoms. The van der Waals surface area contributed by atoms with E-state index in [1.54, 1.807) is 4.90 Å². The summed E-state index contributed by atoms with van der Waals surface area (Å²) >= 11 is 5.19. The predicted octanol–water partition coefficient (Wildman–Crippen LogP) is 2.57. The number of likely N-dealkylation sites (N-methyl/N-ethyl adjacent to an activating group) is 1. The molecule has 1 aromatic heterocycles. The van der Waals surface area contributed by atoms with Crippen LogP contribution in [-0.4, -0.2) is 32.2 Å². The van der Waals surface area contributed by atoms with E-state index in [-0.39, 0.29) is 5.91 Å². The van der Waals surface area contributed by atoms with E-state index < -0.39 is 0 Å². The van der Waals surface area contributed by atoms with Crippen LogP contribution in [0.4, 0.5) is 0 Å². The van der Waals surface area contributed by atoms with Gasteiger partial charge >= 0.3 is 0 Å². The Bertz CT molecular complexity index is 808. The maximum absolute atomic E-state index is 12.3. The van der Waals surface area contributed by atoms with Crippen molar-refractivity contribution in [1.82, 2.24) is 20.0 Å². The van der Waals surface area contributed by atoms with Gasteiger partial charge in [-0.1, -0.05) is 18.2 Å². The van der Waals surface area contributed by atoms with Gasteiger partial charge in [0.05, 0.1) is 11.4 Å². The summed E-state index contributed by atoms with van der Waals surface area (Å²) in [6, 6.07) is 9.93. The number of carbonyl (C=O) groups is 1. The van der Waals surface area contributed by atoms with E-state index in [4.69, 9.17) is 12.2 Å². The number of para-hydroxylation sites is 1. The molecule has 0 unspecified atom stereocenters. The van der Waals surface area contributed by atoms with Gasteiger partial charge in [-0.3, -0.25) is 9.69 Å². The van der Waals surface area contributed by atoms with Gasteiger partial charge in [-0.25, -0.2) is 4.68 Å². The molecule has 1 saturated heterocycles. The van der Waals surface area contributed by atoms with Gasteiger partial charge in [0.25, 0.3) is 5.91 Å². The van der Waals surface area contributed by atoms with Crippen LogP contribution < -0.4 is 5.32 Å². The summed E-state index contributed by atoms with van der Waals surface area (Å²) < 4.78 is 1.89. The number of aromatic nitrogens is 2. The van der Waals surface area contributed by atoms with E-state index in [1.807, 2.05) is 61.9 Å². The molecule has 2 heterocycles. The van der Waals surface area contributed by atoms with E-state index in [9.17, 15) is 4.79 Å². The number of amides is 1. The quantitative estimate of drug-likeness (QED) is 0.696. The lowest BCUT2D eigenvalue weighted by molar-refractivity contribution is -0.122. The highest BCUT2D eigenvalue weighted by atomic mass is 32.1. The number of benzene rings is 1.